The lowest BCUT2D eigenvalue weighted by Crippen LogP contribution is -2.38. The van der Waals surface area contributed by atoms with Crippen LogP contribution in [-0.4, -0.2) is 48.5 Å². The van der Waals surface area contributed by atoms with Gasteiger partial charge in [0, 0.05) is 26.2 Å². The van der Waals surface area contributed by atoms with Crippen molar-refractivity contribution in [3.05, 3.63) is 71.8 Å². The van der Waals surface area contributed by atoms with Gasteiger partial charge in [-0.25, -0.2) is 9.59 Å². The molecule has 0 spiro atoms. The van der Waals surface area contributed by atoms with Crippen LogP contribution < -0.4 is 21.3 Å². The van der Waals surface area contributed by atoms with Crippen molar-refractivity contribution >= 4 is 12.1 Å². The van der Waals surface area contributed by atoms with E-state index in [1.165, 1.54) is 0 Å². The fourth-order valence-electron chi connectivity index (χ4n) is 3.10. The SMILES string of the molecule is O=C(NCCCCCCNC(=O)NCC(O)c1ccccc1)NCC(O)c1ccccc1. The number of amides is 4. The summed E-state index contributed by atoms with van der Waals surface area (Å²) < 4.78 is 0. The van der Waals surface area contributed by atoms with Crippen LogP contribution in [0.25, 0.3) is 0 Å². The molecule has 2 aromatic carbocycles. The first-order valence-corrected chi connectivity index (χ1v) is 11.1. The average Bonchev–Trinajstić information content (AvgIpc) is 2.83. The van der Waals surface area contributed by atoms with E-state index in [9.17, 15) is 19.8 Å². The van der Waals surface area contributed by atoms with E-state index in [2.05, 4.69) is 21.3 Å². The Labute approximate surface area is 189 Å². The number of nitrogens with one attached hydrogen (secondary N) is 4. The summed E-state index contributed by atoms with van der Waals surface area (Å²) in [6.45, 7) is 1.43. The maximum Gasteiger partial charge on any atom is 0.314 e. The van der Waals surface area contributed by atoms with Gasteiger partial charge in [-0.2, -0.15) is 0 Å². The molecular weight excluding hydrogens is 408 g/mol. The molecule has 8 nitrogen and oxygen atoms in total. The molecule has 0 saturated heterocycles. The number of carbonyl (C=O) groups is 2. The molecule has 0 aromatic heterocycles. The second-order valence-electron chi connectivity index (χ2n) is 7.54. The number of hydrogen-bond donors (Lipinski definition) is 6. The lowest BCUT2D eigenvalue weighted by molar-refractivity contribution is 0.173. The van der Waals surface area contributed by atoms with Crippen LogP contribution in [0.4, 0.5) is 9.59 Å². The van der Waals surface area contributed by atoms with Gasteiger partial charge in [0.05, 0.1) is 12.2 Å². The molecule has 32 heavy (non-hydrogen) atoms. The van der Waals surface area contributed by atoms with Crippen molar-refractivity contribution in [1.29, 1.82) is 0 Å². The molecule has 0 saturated carbocycles. The fourth-order valence-corrected chi connectivity index (χ4v) is 3.10. The summed E-state index contributed by atoms with van der Waals surface area (Å²) in [5.41, 5.74) is 1.53. The number of hydrogen-bond acceptors (Lipinski definition) is 4. The van der Waals surface area contributed by atoms with Crippen molar-refractivity contribution in [2.75, 3.05) is 26.2 Å². The predicted molar refractivity (Wildman–Crippen MR) is 124 cm³/mol. The first kappa shape index (κ1) is 25.2. The molecule has 2 atom stereocenters. The zero-order chi connectivity index (χ0) is 23.0. The minimum absolute atomic E-state index is 0.159. The summed E-state index contributed by atoms with van der Waals surface area (Å²) in [6.07, 6.45) is 2.08. The zero-order valence-corrected chi connectivity index (χ0v) is 18.3. The van der Waals surface area contributed by atoms with Gasteiger partial charge in [0.15, 0.2) is 0 Å². The van der Waals surface area contributed by atoms with E-state index in [4.69, 9.17) is 0 Å². The van der Waals surface area contributed by atoms with Crippen molar-refractivity contribution < 1.29 is 19.8 Å². The van der Waals surface area contributed by atoms with Gasteiger partial charge in [0.2, 0.25) is 0 Å². The smallest absolute Gasteiger partial charge is 0.314 e. The average molecular weight is 443 g/mol. The molecule has 174 valence electrons. The number of urea groups is 2. The monoisotopic (exact) mass is 442 g/mol. The van der Waals surface area contributed by atoms with Gasteiger partial charge in [0.1, 0.15) is 0 Å². The van der Waals surface area contributed by atoms with Crippen molar-refractivity contribution in [3.8, 4) is 0 Å². The molecule has 4 amide bonds. The Hall–Kier alpha value is -3.10. The highest BCUT2D eigenvalue weighted by Crippen LogP contribution is 2.11. The standard InChI is InChI=1S/C24H34N4O4/c29-21(19-11-5-3-6-12-19)17-27-23(31)25-15-9-1-2-10-16-26-24(32)28-18-22(30)20-13-7-4-8-14-20/h3-8,11-14,21-22,29-30H,1-2,9-10,15-18H2,(H2,25,27,31)(H2,26,28,32). The van der Waals surface area contributed by atoms with Crippen LogP contribution in [0.15, 0.2) is 60.7 Å². The highest BCUT2D eigenvalue weighted by atomic mass is 16.3. The fraction of sp³-hybridized carbons (Fsp3) is 0.417. The number of carbonyl (C=O) groups excluding carboxylic acids is 2. The normalized spacial score (nSPS) is 12.4. The molecule has 0 fully saturated rings. The predicted octanol–water partition coefficient (Wildman–Crippen LogP) is 2.61. The van der Waals surface area contributed by atoms with Crippen molar-refractivity contribution in [1.82, 2.24) is 21.3 Å². The summed E-state index contributed by atoms with van der Waals surface area (Å²) in [6, 6.07) is 17.8. The van der Waals surface area contributed by atoms with Gasteiger partial charge in [-0.15, -0.1) is 0 Å². The number of rotatable bonds is 13. The molecule has 0 aliphatic heterocycles. The Morgan fingerprint density at radius 3 is 1.34 bits per heavy atom. The van der Waals surface area contributed by atoms with Crippen molar-refractivity contribution in [3.63, 3.8) is 0 Å². The van der Waals surface area contributed by atoms with E-state index in [1.54, 1.807) is 0 Å². The zero-order valence-electron chi connectivity index (χ0n) is 18.3. The Bertz CT molecular complexity index is 722. The first-order chi connectivity index (χ1) is 15.6. The molecule has 0 aliphatic rings. The first-order valence-electron chi connectivity index (χ1n) is 11.1. The molecule has 2 aromatic rings. The quantitative estimate of drug-likeness (QED) is 0.267. The molecule has 8 heteroatoms. The third kappa shape index (κ3) is 10.3. The number of benzene rings is 2. The Kier molecular flexibility index (Phi) is 11.7. The summed E-state index contributed by atoms with van der Waals surface area (Å²) in [4.78, 5) is 23.6. The van der Waals surface area contributed by atoms with Crippen LogP contribution in [0.3, 0.4) is 0 Å². The second kappa shape index (κ2) is 14.8. The maximum absolute atomic E-state index is 11.8. The van der Waals surface area contributed by atoms with Crippen LogP contribution in [0, 0.1) is 0 Å². The lowest BCUT2D eigenvalue weighted by Gasteiger charge is -2.13. The van der Waals surface area contributed by atoms with E-state index >= 15 is 0 Å². The van der Waals surface area contributed by atoms with E-state index in [-0.39, 0.29) is 25.2 Å². The van der Waals surface area contributed by atoms with Crippen LogP contribution in [0.5, 0.6) is 0 Å². The Morgan fingerprint density at radius 2 is 0.969 bits per heavy atom. The molecular formula is C24H34N4O4. The molecule has 0 radical (unpaired) electrons. The molecule has 6 N–H and O–H groups in total. The summed E-state index contributed by atoms with van der Waals surface area (Å²) in [5, 5.41) is 30.9. The molecule has 2 rings (SSSR count). The third-order valence-electron chi connectivity index (χ3n) is 4.96. The highest BCUT2D eigenvalue weighted by Gasteiger charge is 2.09. The molecule has 2 unspecified atom stereocenters. The largest absolute Gasteiger partial charge is 0.387 e. The van der Waals surface area contributed by atoms with Crippen LogP contribution in [0.2, 0.25) is 0 Å². The molecule has 0 heterocycles. The van der Waals surface area contributed by atoms with Crippen LogP contribution in [0.1, 0.15) is 49.0 Å². The highest BCUT2D eigenvalue weighted by molar-refractivity contribution is 5.74. The van der Waals surface area contributed by atoms with Crippen LogP contribution in [-0.2, 0) is 0 Å². The van der Waals surface area contributed by atoms with Gasteiger partial charge in [-0.1, -0.05) is 73.5 Å². The third-order valence-corrected chi connectivity index (χ3v) is 4.96. The Morgan fingerprint density at radius 1 is 0.594 bits per heavy atom. The minimum Gasteiger partial charge on any atom is -0.387 e. The van der Waals surface area contributed by atoms with E-state index in [0.717, 1.165) is 36.8 Å². The van der Waals surface area contributed by atoms with Crippen molar-refractivity contribution in [2.24, 2.45) is 0 Å². The van der Waals surface area contributed by atoms with E-state index in [1.807, 2.05) is 60.7 Å². The second-order valence-corrected chi connectivity index (χ2v) is 7.54. The number of aliphatic hydroxyl groups excluding tert-OH is 2. The lowest BCUT2D eigenvalue weighted by atomic mass is 10.1. The number of aliphatic hydroxyl groups is 2. The summed E-state index contributed by atoms with van der Waals surface area (Å²) in [5.74, 6) is 0. The van der Waals surface area contributed by atoms with Crippen LogP contribution >= 0.6 is 0 Å². The van der Waals surface area contributed by atoms with Gasteiger partial charge in [-0.05, 0) is 24.0 Å². The number of unbranched alkanes of at least 4 members (excludes halogenated alkanes) is 3. The Balaban J connectivity index is 1.41. The molecule has 0 aliphatic carbocycles. The molecule has 0 bridgehead atoms. The van der Waals surface area contributed by atoms with Gasteiger partial charge in [-0.3, -0.25) is 0 Å². The summed E-state index contributed by atoms with van der Waals surface area (Å²) >= 11 is 0. The van der Waals surface area contributed by atoms with Gasteiger partial charge >= 0.3 is 12.1 Å². The summed E-state index contributed by atoms with van der Waals surface area (Å²) in [7, 11) is 0. The minimum atomic E-state index is -0.728. The van der Waals surface area contributed by atoms with Gasteiger partial charge < -0.3 is 31.5 Å². The van der Waals surface area contributed by atoms with Gasteiger partial charge in [0.25, 0.3) is 0 Å². The topological polar surface area (TPSA) is 123 Å². The van der Waals surface area contributed by atoms with E-state index in [0.29, 0.717) is 13.1 Å². The van der Waals surface area contributed by atoms with E-state index < -0.39 is 12.2 Å². The maximum atomic E-state index is 11.8. The van der Waals surface area contributed by atoms with Crippen molar-refractivity contribution in [2.45, 2.75) is 37.9 Å².